The molecule has 1 unspecified atom stereocenters. The van der Waals surface area contributed by atoms with Crippen LogP contribution in [0.25, 0.3) is 0 Å². The minimum absolute atomic E-state index is 0.243. The van der Waals surface area contributed by atoms with Gasteiger partial charge in [-0.1, -0.05) is 13.8 Å². The van der Waals surface area contributed by atoms with Crippen LogP contribution in [-0.4, -0.2) is 38.9 Å². The third kappa shape index (κ3) is 12.0. The van der Waals surface area contributed by atoms with Gasteiger partial charge in [-0.15, -0.1) is 0 Å². The molecule has 0 heterocycles. The highest BCUT2D eigenvalue weighted by molar-refractivity contribution is 5.72. The quantitative estimate of drug-likeness (QED) is 0.517. The van der Waals surface area contributed by atoms with Crippen LogP contribution < -0.4 is 0 Å². The van der Waals surface area contributed by atoms with Crippen molar-refractivity contribution in [2.75, 3.05) is 26.9 Å². The van der Waals surface area contributed by atoms with E-state index in [-0.39, 0.29) is 24.8 Å². The second-order valence-electron chi connectivity index (χ2n) is 4.97. The number of rotatable bonds is 12. The van der Waals surface area contributed by atoms with Crippen LogP contribution in [-0.2, 0) is 23.8 Å². The van der Waals surface area contributed by atoms with Crippen molar-refractivity contribution >= 4 is 11.9 Å². The summed E-state index contributed by atoms with van der Waals surface area (Å²) in [5.41, 5.74) is 0. The lowest BCUT2D eigenvalue weighted by atomic mass is 10.1. The van der Waals surface area contributed by atoms with E-state index in [1.54, 1.807) is 7.11 Å². The Labute approximate surface area is 122 Å². The molecule has 5 nitrogen and oxygen atoms in total. The minimum Gasteiger partial charge on any atom is -0.466 e. The summed E-state index contributed by atoms with van der Waals surface area (Å²) < 4.78 is 15.0. The van der Waals surface area contributed by atoms with E-state index in [0.29, 0.717) is 25.6 Å². The summed E-state index contributed by atoms with van der Waals surface area (Å²) in [7, 11) is 1.68. The molecular formula is C15H28O5. The second-order valence-corrected chi connectivity index (χ2v) is 4.97. The van der Waals surface area contributed by atoms with Gasteiger partial charge in [0, 0.05) is 26.6 Å². The fraction of sp³-hybridized carbons (Fsp3) is 0.867. The molecule has 0 N–H and O–H groups in total. The van der Waals surface area contributed by atoms with Crippen LogP contribution in [0.15, 0.2) is 0 Å². The van der Waals surface area contributed by atoms with Gasteiger partial charge < -0.3 is 14.2 Å². The van der Waals surface area contributed by atoms with Crippen LogP contribution in [0.3, 0.4) is 0 Å². The second kappa shape index (κ2) is 12.9. The van der Waals surface area contributed by atoms with E-state index in [2.05, 4.69) is 6.92 Å². The van der Waals surface area contributed by atoms with Crippen LogP contribution in [0.5, 0.6) is 0 Å². The summed E-state index contributed by atoms with van der Waals surface area (Å²) in [6, 6.07) is 0. The molecule has 1 atom stereocenters. The average Bonchev–Trinajstić information content (AvgIpc) is 2.42. The summed E-state index contributed by atoms with van der Waals surface area (Å²) in [5, 5.41) is 0. The zero-order valence-corrected chi connectivity index (χ0v) is 13.0. The first kappa shape index (κ1) is 18.9. The number of carbonyl (C=O) groups excluding carboxylic acids is 2. The van der Waals surface area contributed by atoms with Crippen molar-refractivity contribution in [2.24, 2.45) is 5.92 Å². The number of esters is 2. The predicted molar refractivity (Wildman–Crippen MR) is 76.3 cm³/mol. The van der Waals surface area contributed by atoms with Gasteiger partial charge in [0.2, 0.25) is 0 Å². The summed E-state index contributed by atoms with van der Waals surface area (Å²) in [6.45, 7) is 5.66. The molecule has 0 aliphatic heterocycles. The number of ether oxygens (including phenoxy) is 3. The maximum atomic E-state index is 11.4. The fourth-order valence-corrected chi connectivity index (χ4v) is 1.57. The largest absolute Gasteiger partial charge is 0.466 e. The first-order chi connectivity index (χ1) is 9.60. The summed E-state index contributed by atoms with van der Waals surface area (Å²) >= 11 is 0. The lowest BCUT2D eigenvalue weighted by Gasteiger charge is -2.10. The number of carbonyl (C=O) groups is 2. The van der Waals surface area contributed by atoms with Gasteiger partial charge in [-0.05, 0) is 31.6 Å². The molecule has 0 aromatic heterocycles. The van der Waals surface area contributed by atoms with Crippen molar-refractivity contribution in [3.05, 3.63) is 0 Å². The van der Waals surface area contributed by atoms with Crippen LogP contribution in [0.2, 0.25) is 0 Å². The SMILES string of the molecule is CCCOC(=O)CCCC(=O)OCCC(C)CCOC. The lowest BCUT2D eigenvalue weighted by molar-refractivity contribution is -0.145. The Morgan fingerprint density at radius 1 is 0.950 bits per heavy atom. The van der Waals surface area contributed by atoms with Gasteiger partial charge in [-0.3, -0.25) is 9.59 Å². The van der Waals surface area contributed by atoms with Gasteiger partial charge in [0.25, 0.3) is 0 Å². The van der Waals surface area contributed by atoms with E-state index in [0.717, 1.165) is 25.9 Å². The molecule has 0 rings (SSSR count). The van der Waals surface area contributed by atoms with Crippen molar-refractivity contribution in [3.8, 4) is 0 Å². The molecular weight excluding hydrogens is 260 g/mol. The number of hydrogen-bond acceptors (Lipinski definition) is 5. The first-order valence-electron chi connectivity index (χ1n) is 7.40. The molecule has 0 aliphatic rings. The van der Waals surface area contributed by atoms with Gasteiger partial charge in [0.1, 0.15) is 0 Å². The number of methoxy groups -OCH3 is 1. The number of hydrogen-bond donors (Lipinski definition) is 0. The molecule has 0 saturated carbocycles. The van der Waals surface area contributed by atoms with Crippen molar-refractivity contribution in [2.45, 2.75) is 52.4 Å². The Balaban J connectivity index is 3.47. The molecule has 0 aromatic rings. The topological polar surface area (TPSA) is 61.8 Å². The third-order valence-electron chi connectivity index (χ3n) is 2.92. The van der Waals surface area contributed by atoms with Gasteiger partial charge >= 0.3 is 11.9 Å². The molecule has 0 radical (unpaired) electrons. The average molecular weight is 288 g/mol. The van der Waals surface area contributed by atoms with Crippen LogP contribution in [0.4, 0.5) is 0 Å². The van der Waals surface area contributed by atoms with E-state index in [1.807, 2.05) is 6.92 Å². The Morgan fingerprint density at radius 3 is 2.05 bits per heavy atom. The predicted octanol–water partition coefficient (Wildman–Crippen LogP) is 2.72. The first-order valence-corrected chi connectivity index (χ1v) is 7.40. The van der Waals surface area contributed by atoms with Crippen molar-refractivity contribution < 1.29 is 23.8 Å². The summed E-state index contributed by atoms with van der Waals surface area (Å²) in [5.74, 6) is -0.00755. The maximum Gasteiger partial charge on any atom is 0.305 e. The monoisotopic (exact) mass is 288 g/mol. The van der Waals surface area contributed by atoms with Gasteiger partial charge in [0.05, 0.1) is 13.2 Å². The molecule has 0 aromatic carbocycles. The minimum atomic E-state index is -0.243. The molecule has 118 valence electrons. The highest BCUT2D eigenvalue weighted by atomic mass is 16.5. The molecule has 0 bridgehead atoms. The van der Waals surface area contributed by atoms with E-state index in [9.17, 15) is 9.59 Å². The molecule has 0 fully saturated rings. The van der Waals surface area contributed by atoms with E-state index in [4.69, 9.17) is 14.2 Å². The van der Waals surface area contributed by atoms with E-state index in [1.165, 1.54) is 0 Å². The van der Waals surface area contributed by atoms with Gasteiger partial charge in [0.15, 0.2) is 0 Å². The summed E-state index contributed by atoms with van der Waals surface area (Å²) in [4.78, 5) is 22.6. The molecule has 20 heavy (non-hydrogen) atoms. The molecule has 0 amide bonds. The van der Waals surface area contributed by atoms with Crippen molar-refractivity contribution in [1.82, 2.24) is 0 Å². The Bertz CT molecular complexity index is 265. The van der Waals surface area contributed by atoms with Crippen LogP contribution >= 0.6 is 0 Å². The third-order valence-corrected chi connectivity index (χ3v) is 2.92. The Hall–Kier alpha value is -1.10. The van der Waals surface area contributed by atoms with Gasteiger partial charge in [-0.25, -0.2) is 0 Å². The highest BCUT2D eigenvalue weighted by Gasteiger charge is 2.08. The lowest BCUT2D eigenvalue weighted by Crippen LogP contribution is -2.11. The molecule has 0 saturated heterocycles. The normalized spacial score (nSPS) is 11.9. The van der Waals surface area contributed by atoms with E-state index >= 15 is 0 Å². The Morgan fingerprint density at radius 2 is 1.50 bits per heavy atom. The van der Waals surface area contributed by atoms with Crippen molar-refractivity contribution in [1.29, 1.82) is 0 Å². The fourth-order valence-electron chi connectivity index (χ4n) is 1.57. The zero-order chi connectivity index (χ0) is 15.2. The Kier molecular flexibility index (Phi) is 12.2. The van der Waals surface area contributed by atoms with Crippen molar-refractivity contribution in [3.63, 3.8) is 0 Å². The van der Waals surface area contributed by atoms with Crippen LogP contribution in [0.1, 0.15) is 52.4 Å². The molecule has 0 aliphatic carbocycles. The highest BCUT2D eigenvalue weighted by Crippen LogP contribution is 2.08. The molecule has 0 spiro atoms. The smallest absolute Gasteiger partial charge is 0.305 e. The summed E-state index contributed by atoms with van der Waals surface area (Å²) in [6.07, 6.45) is 3.66. The van der Waals surface area contributed by atoms with E-state index < -0.39 is 0 Å². The van der Waals surface area contributed by atoms with Crippen LogP contribution in [0, 0.1) is 5.92 Å². The molecule has 5 heteroatoms. The standard InChI is InChI=1S/C15H28O5/c1-4-10-19-14(16)6-5-7-15(17)20-12-9-13(2)8-11-18-3/h13H,4-12H2,1-3H3. The van der Waals surface area contributed by atoms with Gasteiger partial charge in [-0.2, -0.15) is 0 Å². The maximum absolute atomic E-state index is 11.4. The zero-order valence-electron chi connectivity index (χ0n) is 13.0.